The molecule has 1 saturated heterocycles. The Labute approximate surface area is 151 Å². The van der Waals surface area contributed by atoms with Gasteiger partial charge < -0.3 is 15.0 Å². The smallest absolute Gasteiger partial charge is 0.127 e. The zero-order valence-corrected chi connectivity index (χ0v) is 14.2. The summed E-state index contributed by atoms with van der Waals surface area (Å²) >= 11 is 0. The van der Waals surface area contributed by atoms with Gasteiger partial charge in [0.1, 0.15) is 5.75 Å². The molecule has 1 aliphatic heterocycles. The largest absolute Gasteiger partial charge is 0.507 e. The first-order valence-corrected chi connectivity index (χ1v) is 8.76. The molecule has 0 amide bonds. The van der Waals surface area contributed by atoms with Crippen LogP contribution in [0.15, 0.2) is 55.9 Å². The molecular formula is C20H19N5O. The van der Waals surface area contributed by atoms with Crippen LogP contribution in [-0.4, -0.2) is 37.7 Å². The van der Waals surface area contributed by atoms with Crippen LogP contribution in [0, 0.1) is 17.8 Å². The van der Waals surface area contributed by atoms with Crippen LogP contribution in [-0.2, 0) is 0 Å². The Morgan fingerprint density at radius 2 is 2.04 bits per heavy atom. The summed E-state index contributed by atoms with van der Waals surface area (Å²) in [5, 5.41) is 13.8. The van der Waals surface area contributed by atoms with E-state index in [1.54, 1.807) is 31.0 Å². The SMILES string of the molecule is C=C(c1cnc(-c2ccc(-n3ccnc3)cc2O)cn1)C1C2CNCC21. The van der Waals surface area contributed by atoms with Gasteiger partial charge in [-0.2, -0.15) is 0 Å². The molecule has 5 rings (SSSR count). The fourth-order valence-corrected chi connectivity index (χ4v) is 4.05. The van der Waals surface area contributed by atoms with E-state index < -0.39 is 0 Å². The van der Waals surface area contributed by atoms with Gasteiger partial charge in [0.15, 0.2) is 0 Å². The number of aromatic nitrogens is 4. The maximum absolute atomic E-state index is 10.4. The molecule has 0 bridgehead atoms. The Hall–Kier alpha value is -2.99. The lowest BCUT2D eigenvalue weighted by Crippen LogP contribution is -2.15. The Morgan fingerprint density at radius 1 is 1.19 bits per heavy atom. The molecule has 1 aromatic carbocycles. The van der Waals surface area contributed by atoms with Crippen molar-refractivity contribution in [3.8, 4) is 22.7 Å². The van der Waals surface area contributed by atoms with Crippen LogP contribution in [0.3, 0.4) is 0 Å². The van der Waals surface area contributed by atoms with Crippen molar-refractivity contribution in [2.75, 3.05) is 13.1 Å². The lowest BCUT2D eigenvalue weighted by atomic mass is 10.1. The highest BCUT2D eigenvalue weighted by Crippen LogP contribution is 2.54. The number of piperidine rings is 1. The molecule has 1 saturated carbocycles. The van der Waals surface area contributed by atoms with E-state index in [0.717, 1.165) is 30.0 Å². The maximum Gasteiger partial charge on any atom is 0.127 e. The van der Waals surface area contributed by atoms with Gasteiger partial charge in [-0.3, -0.25) is 9.97 Å². The van der Waals surface area contributed by atoms with Crippen LogP contribution in [0.1, 0.15) is 5.69 Å². The Balaban J connectivity index is 1.38. The van der Waals surface area contributed by atoms with Gasteiger partial charge in [-0.25, -0.2) is 4.98 Å². The third-order valence-electron chi connectivity index (χ3n) is 5.53. The van der Waals surface area contributed by atoms with E-state index in [4.69, 9.17) is 0 Å². The van der Waals surface area contributed by atoms with E-state index >= 15 is 0 Å². The van der Waals surface area contributed by atoms with Crippen molar-refractivity contribution in [3.63, 3.8) is 0 Å². The van der Waals surface area contributed by atoms with Crippen LogP contribution in [0.5, 0.6) is 5.75 Å². The molecule has 2 N–H and O–H groups in total. The zero-order valence-electron chi connectivity index (χ0n) is 14.2. The number of fused-ring (bicyclic) bond motifs is 1. The summed E-state index contributed by atoms with van der Waals surface area (Å²) < 4.78 is 1.84. The second-order valence-electron chi connectivity index (χ2n) is 7.00. The molecule has 130 valence electrons. The molecule has 3 heterocycles. The van der Waals surface area contributed by atoms with Gasteiger partial charge in [0.2, 0.25) is 0 Å². The number of nitrogens with one attached hydrogen (secondary N) is 1. The molecule has 6 heteroatoms. The summed E-state index contributed by atoms with van der Waals surface area (Å²) in [6.45, 7) is 6.40. The average molecular weight is 345 g/mol. The molecule has 2 fully saturated rings. The standard InChI is InChI=1S/C20H19N5O/c1-12(20-15-7-22-8-16(15)20)17-9-24-18(10-23-17)14-3-2-13(6-19(14)26)25-5-4-21-11-25/h2-6,9-11,15-16,20,22,26H,1,7-8H2. The molecular weight excluding hydrogens is 326 g/mol. The van der Waals surface area contributed by atoms with Crippen molar-refractivity contribution in [2.24, 2.45) is 17.8 Å². The fraction of sp³-hybridized carbons (Fsp3) is 0.250. The molecule has 2 atom stereocenters. The van der Waals surface area contributed by atoms with Gasteiger partial charge in [-0.05, 0) is 48.5 Å². The van der Waals surface area contributed by atoms with Crippen LogP contribution >= 0.6 is 0 Å². The van der Waals surface area contributed by atoms with Gasteiger partial charge >= 0.3 is 0 Å². The summed E-state index contributed by atoms with van der Waals surface area (Å²) in [4.78, 5) is 13.1. The van der Waals surface area contributed by atoms with Crippen molar-refractivity contribution in [3.05, 3.63) is 61.6 Å². The molecule has 2 aromatic heterocycles. The van der Waals surface area contributed by atoms with Crippen molar-refractivity contribution < 1.29 is 5.11 Å². The third kappa shape index (κ3) is 2.42. The summed E-state index contributed by atoms with van der Waals surface area (Å²) in [7, 11) is 0. The first-order valence-electron chi connectivity index (χ1n) is 8.76. The Bertz CT molecular complexity index is 954. The van der Waals surface area contributed by atoms with E-state index in [0.29, 0.717) is 29.0 Å². The van der Waals surface area contributed by atoms with Crippen molar-refractivity contribution in [2.45, 2.75) is 0 Å². The van der Waals surface area contributed by atoms with Crippen LogP contribution in [0.2, 0.25) is 0 Å². The second-order valence-corrected chi connectivity index (χ2v) is 7.00. The monoisotopic (exact) mass is 345 g/mol. The minimum absolute atomic E-state index is 0.167. The van der Waals surface area contributed by atoms with E-state index in [1.165, 1.54) is 0 Å². The van der Waals surface area contributed by atoms with Gasteiger partial charge in [-0.1, -0.05) is 6.58 Å². The third-order valence-corrected chi connectivity index (χ3v) is 5.53. The summed E-state index contributed by atoms with van der Waals surface area (Å²) in [6, 6.07) is 5.47. The number of phenols is 1. The number of phenolic OH excluding ortho intramolecular Hbond substituents is 1. The predicted molar refractivity (Wildman–Crippen MR) is 98.6 cm³/mol. The molecule has 2 unspecified atom stereocenters. The van der Waals surface area contributed by atoms with Crippen molar-refractivity contribution in [1.82, 2.24) is 24.8 Å². The summed E-state index contributed by atoms with van der Waals surface area (Å²) in [6.07, 6.45) is 8.70. The van der Waals surface area contributed by atoms with Gasteiger partial charge in [-0.15, -0.1) is 0 Å². The minimum Gasteiger partial charge on any atom is -0.507 e. The number of nitrogens with zero attached hydrogens (tertiary/aromatic N) is 4. The fourth-order valence-electron chi connectivity index (χ4n) is 4.05. The van der Waals surface area contributed by atoms with E-state index in [2.05, 4.69) is 26.8 Å². The predicted octanol–water partition coefficient (Wildman–Crippen LogP) is 2.51. The number of hydrogen-bond donors (Lipinski definition) is 2. The summed E-state index contributed by atoms with van der Waals surface area (Å²) in [5.41, 5.74) is 4.08. The zero-order chi connectivity index (χ0) is 17.7. The quantitative estimate of drug-likeness (QED) is 0.760. The number of rotatable bonds is 4. The van der Waals surface area contributed by atoms with E-state index in [9.17, 15) is 5.11 Å². The highest BCUT2D eigenvalue weighted by molar-refractivity contribution is 5.70. The average Bonchev–Trinajstić information content (AvgIpc) is 3.07. The lowest BCUT2D eigenvalue weighted by molar-refractivity contribution is 0.477. The van der Waals surface area contributed by atoms with Gasteiger partial charge in [0.05, 0.1) is 35.8 Å². The normalized spacial score (nSPS) is 23.6. The number of aromatic hydroxyl groups is 1. The van der Waals surface area contributed by atoms with Gasteiger partial charge in [0, 0.05) is 24.0 Å². The second kappa shape index (κ2) is 5.78. The minimum atomic E-state index is 0.167. The Kier molecular flexibility index (Phi) is 3.39. The van der Waals surface area contributed by atoms with E-state index in [-0.39, 0.29) is 5.75 Å². The topological polar surface area (TPSA) is 75.9 Å². The van der Waals surface area contributed by atoms with Crippen molar-refractivity contribution in [1.29, 1.82) is 0 Å². The maximum atomic E-state index is 10.4. The molecule has 6 nitrogen and oxygen atoms in total. The molecule has 0 radical (unpaired) electrons. The lowest BCUT2D eigenvalue weighted by Gasteiger charge is -2.10. The molecule has 0 spiro atoms. The molecule has 3 aromatic rings. The number of allylic oxidation sites excluding steroid dienone is 1. The highest BCUT2D eigenvalue weighted by atomic mass is 16.3. The van der Waals surface area contributed by atoms with Crippen LogP contribution in [0.4, 0.5) is 0 Å². The van der Waals surface area contributed by atoms with Crippen LogP contribution < -0.4 is 5.32 Å². The highest BCUT2D eigenvalue weighted by Gasteiger charge is 2.54. The first kappa shape index (κ1) is 15.3. The first-order chi connectivity index (χ1) is 12.7. The van der Waals surface area contributed by atoms with Crippen LogP contribution in [0.25, 0.3) is 22.5 Å². The van der Waals surface area contributed by atoms with Gasteiger partial charge in [0.25, 0.3) is 0 Å². The Morgan fingerprint density at radius 3 is 2.69 bits per heavy atom. The van der Waals surface area contributed by atoms with Crippen molar-refractivity contribution >= 4 is 5.57 Å². The number of hydrogen-bond acceptors (Lipinski definition) is 5. The summed E-state index contributed by atoms with van der Waals surface area (Å²) in [5.74, 6) is 2.13. The van der Waals surface area contributed by atoms with E-state index in [1.807, 2.05) is 22.9 Å². The molecule has 1 aliphatic carbocycles. The molecule has 2 aliphatic rings. The number of imidazole rings is 1. The molecule has 26 heavy (non-hydrogen) atoms. The number of benzene rings is 1.